The molecule has 0 aliphatic carbocycles. The summed E-state index contributed by atoms with van der Waals surface area (Å²) >= 11 is 21.8. The lowest BCUT2D eigenvalue weighted by Crippen LogP contribution is -2.35. The summed E-state index contributed by atoms with van der Waals surface area (Å²) in [6, 6.07) is 6.53. The van der Waals surface area contributed by atoms with Gasteiger partial charge < -0.3 is 10.1 Å². The number of nitrogens with one attached hydrogen (secondary N) is 2. The van der Waals surface area contributed by atoms with Gasteiger partial charge in [0.1, 0.15) is 22.9 Å². The van der Waals surface area contributed by atoms with Crippen LogP contribution in [0, 0.1) is 25.5 Å². The minimum atomic E-state index is -1.23. The molecule has 172 valence electrons. The average molecular weight is 579 g/mol. The van der Waals surface area contributed by atoms with Crippen LogP contribution >= 0.6 is 50.7 Å². The van der Waals surface area contributed by atoms with E-state index in [9.17, 15) is 18.4 Å². The predicted molar refractivity (Wildman–Crippen MR) is 128 cm³/mol. The van der Waals surface area contributed by atoms with Crippen molar-refractivity contribution >= 4 is 68.4 Å². The summed E-state index contributed by atoms with van der Waals surface area (Å²) in [7, 11) is 0. The number of imide groups is 1. The molecule has 0 bridgehead atoms. The Morgan fingerprint density at radius 3 is 2.24 bits per heavy atom. The number of ether oxygens (including phenoxy) is 1. The van der Waals surface area contributed by atoms with E-state index in [0.29, 0.717) is 26.4 Å². The second-order valence-electron chi connectivity index (χ2n) is 6.81. The molecule has 0 aromatic heterocycles. The van der Waals surface area contributed by atoms with Gasteiger partial charge >= 0.3 is 6.03 Å². The highest BCUT2D eigenvalue weighted by atomic mass is 79.9. The van der Waals surface area contributed by atoms with Crippen LogP contribution in [0.1, 0.15) is 21.5 Å². The number of hydrogen-bond donors (Lipinski definition) is 2. The molecule has 3 aromatic rings. The van der Waals surface area contributed by atoms with Gasteiger partial charge in [-0.2, -0.15) is 0 Å². The summed E-state index contributed by atoms with van der Waals surface area (Å²) in [5.74, 6) is -2.89. The molecule has 33 heavy (non-hydrogen) atoms. The molecule has 0 fully saturated rings. The van der Waals surface area contributed by atoms with E-state index in [1.54, 1.807) is 26.0 Å². The number of carbonyl (C=O) groups excluding carboxylic acids is 2. The number of urea groups is 1. The molecule has 3 aromatic carbocycles. The highest BCUT2D eigenvalue weighted by Gasteiger charge is 2.21. The second kappa shape index (κ2) is 10.3. The van der Waals surface area contributed by atoms with Crippen molar-refractivity contribution in [2.24, 2.45) is 0 Å². The number of rotatable bonds is 4. The maximum atomic E-state index is 13.8. The molecule has 2 N–H and O–H groups in total. The van der Waals surface area contributed by atoms with Gasteiger partial charge in [-0.3, -0.25) is 10.1 Å². The van der Waals surface area contributed by atoms with Crippen LogP contribution in [-0.2, 0) is 0 Å². The Morgan fingerprint density at radius 2 is 1.61 bits per heavy atom. The fraction of sp³-hybridized carbons (Fsp3) is 0.0909. The van der Waals surface area contributed by atoms with Gasteiger partial charge in [0.2, 0.25) is 0 Å². The maximum Gasteiger partial charge on any atom is 0.326 e. The van der Waals surface area contributed by atoms with Crippen LogP contribution in [0.5, 0.6) is 11.5 Å². The minimum Gasteiger partial charge on any atom is -0.454 e. The van der Waals surface area contributed by atoms with Gasteiger partial charge in [0, 0.05) is 17.3 Å². The number of amides is 3. The fourth-order valence-corrected chi connectivity index (χ4v) is 3.94. The van der Waals surface area contributed by atoms with E-state index in [2.05, 4.69) is 21.2 Å². The van der Waals surface area contributed by atoms with Crippen molar-refractivity contribution in [2.45, 2.75) is 13.8 Å². The first-order valence-electron chi connectivity index (χ1n) is 9.18. The molecule has 3 rings (SSSR count). The summed E-state index contributed by atoms with van der Waals surface area (Å²) in [4.78, 5) is 24.5. The number of aryl methyl sites for hydroxylation is 1. The van der Waals surface area contributed by atoms with E-state index < -0.39 is 29.1 Å². The third kappa shape index (κ3) is 5.58. The van der Waals surface area contributed by atoms with Crippen molar-refractivity contribution in [2.75, 3.05) is 5.32 Å². The Morgan fingerprint density at radius 1 is 1.00 bits per heavy atom. The Labute approximate surface area is 211 Å². The van der Waals surface area contributed by atoms with Crippen LogP contribution in [0.15, 0.2) is 40.9 Å². The predicted octanol–water partition coefficient (Wildman–Crippen LogP) is 8.06. The zero-order valence-corrected chi connectivity index (χ0v) is 20.8. The van der Waals surface area contributed by atoms with E-state index in [0.717, 1.165) is 18.2 Å². The van der Waals surface area contributed by atoms with Crippen molar-refractivity contribution in [1.82, 2.24) is 5.32 Å². The van der Waals surface area contributed by atoms with Crippen molar-refractivity contribution in [3.63, 3.8) is 0 Å². The number of anilines is 1. The van der Waals surface area contributed by atoms with Crippen LogP contribution in [0.2, 0.25) is 15.1 Å². The van der Waals surface area contributed by atoms with E-state index >= 15 is 0 Å². The second-order valence-corrected chi connectivity index (χ2v) is 8.86. The zero-order valence-electron chi connectivity index (χ0n) is 17.0. The average Bonchev–Trinajstić information content (AvgIpc) is 2.72. The largest absolute Gasteiger partial charge is 0.454 e. The van der Waals surface area contributed by atoms with E-state index in [1.807, 2.05) is 5.32 Å². The van der Waals surface area contributed by atoms with Gasteiger partial charge in [-0.05, 0) is 59.6 Å². The monoisotopic (exact) mass is 576 g/mol. The molecule has 0 aliphatic rings. The fourth-order valence-electron chi connectivity index (χ4n) is 2.83. The molecule has 0 heterocycles. The molecule has 11 heteroatoms. The third-order valence-electron chi connectivity index (χ3n) is 4.50. The summed E-state index contributed by atoms with van der Waals surface area (Å²) in [5.41, 5.74) is 0.353. The van der Waals surface area contributed by atoms with Crippen molar-refractivity contribution in [3.05, 3.63) is 84.3 Å². The van der Waals surface area contributed by atoms with E-state index in [1.165, 1.54) is 6.07 Å². The first-order valence-corrected chi connectivity index (χ1v) is 11.1. The lowest BCUT2D eigenvalue weighted by atomic mass is 10.1. The third-order valence-corrected chi connectivity index (χ3v) is 6.31. The van der Waals surface area contributed by atoms with Crippen LogP contribution in [0.25, 0.3) is 0 Å². The molecule has 5 nitrogen and oxygen atoms in total. The summed E-state index contributed by atoms with van der Waals surface area (Å²) in [5, 5.41) is 5.22. The summed E-state index contributed by atoms with van der Waals surface area (Å²) < 4.78 is 34.0. The number of carbonyl (C=O) groups is 2. The minimum absolute atomic E-state index is 0.220. The smallest absolute Gasteiger partial charge is 0.326 e. The standard InChI is InChI=1S/C22H14BrCl3F2N2O3/c1-9-6-16(29-22(32)30-21(31)18-14(27)4-3-5-15(18)28)10(2)20(19(9)26)33-17-8-13(25)12(24)7-11(17)23/h3-8H,1-2H3,(H2,29,30,31,32). The van der Waals surface area contributed by atoms with Crippen molar-refractivity contribution < 1.29 is 23.1 Å². The van der Waals surface area contributed by atoms with Gasteiger partial charge in [0.15, 0.2) is 5.75 Å². The Kier molecular flexibility index (Phi) is 7.84. The zero-order chi connectivity index (χ0) is 24.4. The van der Waals surface area contributed by atoms with Crippen molar-refractivity contribution in [3.8, 4) is 11.5 Å². The topological polar surface area (TPSA) is 67.4 Å². The van der Waals surface area contributed by atoms with E-state index in [-0.39, 0.29) is 21.5 Å². The normalized spacial score (nSPS) is 10.7. The molecular formula is C22H14BrCl3F2N2O3. The van der Waals surface area contributed by atoms with Crippen LogP contribution < -0.4 is 15.4 Å². The van der Waals surface area contributed by atoms with Gasteiger partial charge in [-0.15, -0.1) is 0 Å². The van der Waals surface area contributed by atoms with Crippen molar-refractivity contribution in [1.29, 1.82) is 0 Å². The number of hydrogen-bond acceptors (Lipinski definition) is 3. The highest BCUT2D eigenvalue weighted by molar-refractivity contribution is 9.10. The number of benzene rings is 3. The Hall–Kier alpha value is -2.39. The molecule has 0 unspecified atom stereocenters. The molecule has 0 atom stereocenters. The molecule has 0 spiro atoms. The lowest BCUT2D eigenvalue weighted by molar-refractivity contribution is 0.0959. The van der Waals surface area contributed by atoms with E-state index in [4.69, 9.17) is 39.5 Å². The summed E-state index contributed by atoms with van der Waals surface area (Å²) in [6.07, 6.45) is 0. The Balaban J connectivity index is 1.87. The molecular weight excluding hydrogens is 565 g/mol. The van der Waals surface area contributed by atoms with Gasteiger partial charge in [0.05, 0.1) is 19.5 Å². The molecule has 0 radical (unpaired) electrons. The lowest BCUT2D eigenvalue weighted by Gasteiger charge is -2.18. The Bertz CT molecular complexity index is 1270. The molecule has 0 saturated heterocycles. The molecule has 0 aliphatic heterocycles. The maximum absolute atomic E-state index is 13.8. The van der Waals surface area contributed by atoms with Crippen LogP contribution in [0.4, 0.5) is 19.3 Å². The quantitative estimate of drug-likeness (QED) is 0.308. The first-order chi connectivity index (χ1) is 15.5. The van der Waals surface area contributed by atoms with Crippen LogP contribution in [0.3, 0.4) is 0 Å². The number of halogens is 6. The molecule has 3 amide bonds. The molecule has 0 saturated carbocycles. The van der Waals surface area contributed by atoms with Gasteiger partial charge in [-0.25, -0.2) is 13.6 Å². The van der Waals surface area contributed by atoms with Gasteiger partial charge in [0.25, 0.3) is 5.91 Å². The highest BCUT2D eigenvalue weighted by Crippen LogP contribution is 2.43. The van der Waals surface area contributed by atoms with Crippen LogP contribution in [-0.4, -0.2) is 11.9 Å². The summed E-state index contributed by atoms with van der Waals surface area (Å²) in [6.45, 7) is 3.31. The van der Waals surface area contributed by atoms with Gasteiger partial charge in [-0.1, -0.05) is 40.9 Å². The SMILES string of the molecule is Cc1cc(NC(=O)NC(=O)c2c(F)cccc2F)c(C)c(Oc2cc(Cl)c(Cl)cc2Br)c1Cl. The first kappa shape index (κ1) is 25.2.